The summed E-state index contributed by atoms with van der Waals surface area (Å²) in [6.45, 7) is 12.7. The lowest BCUT2D eigenvalue weighted by Gasteiger charge is -2.46. The first-order chi connectivity index (χ1) is 6.93. The second-order valence-electron chi connectivity index (χ2n) is 6.30. The van der Waals surface area contributed by atoms with E-state index in [1.807, 2.05) is 0 Å². The van der Waals surface area contributed by atoms with Gasteiger partial charge in [0.25, 0.3) is 0 Å². The van der Waals surface area contributed by atoms with Gasteiger partial charge in [-0.3, -0.25) is 0 Å². The van der Waals surface area contributed by atoms with Gasteiger partial charge in [-0.05, 0) is 57.8 Å². The molecule has 1 heteroatoms. The van der Waals surface area contributed by atoms with Gasteiger partial charge in [0.2, 0.25) is 0 Å². The van der Waals surface area contributed by atoms with Crippen LogP contribution in [0.15, 0.2) is 0 Å². The lowest BCUT2D eigenvalue weighted by atomic mass is 9.62. The molecule has 1 rings (SSSR count). The van der Waals surface area contributed by atoms with E-state index in [2.05, 4.69) is 39.9 Å². The van der Waals surface area contributed by atoms with Crippen molar-refractivity contribution in [2.75, 3.05) is 6.54 Å². The molecule has 0 amide bonds. The van der Waals surface area contributed by atoms with Crippen molar-refractivity contribution in [3.05, 3.63) is 0 Å². The molecule has 0 aliphatic heterocycles. The maximum atomic E-state index is 3.71. The Labute approximate surface area is 96.0 Å². The molecule has 0 atom stereocenters. The fraction of sp³-hybridized carbons (Fsp3) is 1.00. The van der Waals surface area contributed by atoms with Crippen LogP contribution in [-0.2, 0) is 0 Å². The Hall–Kier alpha value is -0.0400. The lowest BCUT2D eigenvalue weighted by Crippen LogP contribution is -2.48. The van der Waals surface area contributed by atoms with Gasteiger partial charge in [-0.25, -0.2) is 0 Å². The molecule has 0 spiro atoms. The van der Waals surface area contributed by atoms with Crippen LogP contribution >= 0.6 is 0 Å². The third-order valence-electron chi connectivity index (χ3n) is 4.35. The van der Waals surface area contributed by atoms with Gasteiger partial charge in [-0.1, -0.05) is 20.3 Å². The van der Waals surface area contributed by atoms with Crippen molar-refractivity contribution in [1.82, 2.24) is 5.32 Å². The summed E-state index contributed by atoms with van der Waals surface area (Å²) < 4.78 is 0. The molecule has 0 bridgehead atoms. The first-order valence-electron chi connectivity index (χ1n) is 6.68. The zero-order valence-electron chi connectivity index (χ0n) is 11.3. The van der Waals surface area contributed by atoms with Gasteiger partial charge in [0.1, 0.15) is 0 Å². The van der Waals surface area contributed by atoms with Gasteiger partial charge in [-0.15, -0.1) is 0 Å². The average Bonchev–Trinajstić information content (AvgIpc) is 2.07. The van der Waals surface area contributed by atoms with Crippen molar-refractivity contribution < 1.29 is 0 Å². The highest BCUT2D eigenvalue weighted by Gasteiger charge is 2.39. The zero-order chi connectivity index (χ0) is 11.5. The van der Waals surface area contributed by atoms with E-state index in [1.54, 1.807) is 0 Å². The molecule has 0 heterocycles. The van der Waals surface area contributed by atoms with Gasteiger partial charge in [0, 0.05) is 12.1 Å². The molecule has 1 N–H and O–H groups in total. The van der Waals surface area contributed by atoms with E-state index < -0.39 is 0 Å². The molecular weight excluding hydrogens is 182 g/mol. The van der Waals surface area contributed by atoms with E-state index in [0.717, 1.165) is 5.92 Å². The standard InChI is InChI=1S/C14H29N/c1-6-14(7-2,12-9-8-10-12)11-15-13(3,4)5/h12,15H,6-11H2,1-5H3. The van der Waals surface area contributed by atoms with Gasteiger partial charge in [0.15, 0.2) is 0 Å². The average molecular weight is 211 g/mol. The molecule has 15 heavy (non-hydrogen) atoms. The van der Waals surface area contributed by atoms with Gasteiger partial charge < -0.3 is 5.32 Å². The van der Waals surface area contributed by atoms with Crippen LogP contribution in [-0.4, -0.2) is 12.1 Å². The summed E-state index contributed by atoms with van der Waals surface area (Å²) in [4.78, 5) is 0. The molecular formula is C14H29N. The minimum atomic E-state index is 0.263. The predicted octanol–water partition coefficient (Wildman–Crippen LogP) is 3.98. The molecule has 1 nitrogen and oxygen atoms in total. The second-order valence-corrected chi connectivity index (χ2v) is 6.30. The first kappa shape index (κ1) is 13.0. The van der Waals surface area contributed by atoms with Crippen molar-refractivity contribution in [2.24, 2.45) is 11.3 Å². The van der Waals surface area contributed by atoms with Crippen LogP contribution in [0.3, 0.4) is 0 Å². The normalized spacial score (nSPS) is 19.0. The summed E-state index contributed by atoms with van der Waals surface area (Å²) in [7, 11) is 0. The number of rotatable bonds is 5. The summed E-state index contributed by atoms with van der Waals surface area (Å²) in [6, 6.07) is 0. The molecule has 0 saturated heterocycles. The van der Waals surface area contributed by atoms with E-state index in [1.165, 1.54) is 38.6 Å². The predicted molar refractivity (Wildman–Crippen MR) is 68.1 cm³/mol. The van der Waals surface area contributed by atoms with Gasteiger partial charge in [0.05, 0.1) is 0 Å². The quantitative estimate of drug-likeness (QED) is 0.725. The molecule has 1 aliphatic rings. The topological polar surface area (TPSA) is 12.0 Å². The smallest absolute Gasteiger partial charge is 0.00967 e. The lowest BCUT2D eigenvalue weighted by molar-refractivity contribution is 0.0644. The summed E-state index contributed by atoms with van der Waals surface area (Å²) >= 11 is 0. The molecule has 0 aromatic heterocycles. The van der Waals surface area contributed by atoms with E-state index in [0.29, 0.717) is 5.41 Å². The Bertz CT molecular complexity index is 182. The molecule has 1 aliphatic carbocycles. The first-order valence-corrected chi connectivity index (χ1v) is 6.68. The molecule has 0 radical (unpaired) electrons. The minimum absolute atomic E-state index is 0.263. The second kappa shape index (κ2) is 4.86. The van der Waals surface area contributed by atoms with Gasteiger partial charge >= 0.3 is 0 Å². The van der Waals surface area contributed by atoms with Crippen LogP contribution in [0.25, 0.3) is 0 Å². The molecule has 1 saturated carbocycles. The Morgan fingerprint density at radius 3 is 1.87 bits per heavy atom. The Balaban J connectivity index is 2.55. The molecule has 0 aromatic rings. The van der Waals surface area contributed by atoms with E-state index >= 15 is 0 Å². The van der Waals surface area contributed by atoms with Crippen LogP contribution in [0.1, 0.15) is 66.7 Å². The van der Waals surface area contributed by atoms with Crippen LogP contribution in [0.4, 0.5) is 0 Å². The largest absolute Gasteiger partial charge is 0.312 e. The Morgan fingerprint density at radius 1 is 1.07 bits per heavy atom. The molecule has 0 aromatic carbocycles. The SMILES string of the molecule is CCC(CC)(CNC(C)(C)C)C1CCC1. The van der Waals surface area contributed by atoms with Gasteiger partial charge in [-0.2, -0.15) is 0 Å². The summed E-state index contributed by atoms with van der Waals surface area (Å²) in [5.74, 6) is 0.988. The van der Waals surface area contributed by atoms with E-state index in [-0.39, 0.29) is 5.54 Å². The number of nitrogens with one attached hydrogen (secondary N) is 1. The highest BCUT2D eigenvalue weighted by atomic mass is 15.0. The fourth-order valence-corrected chi connectivity index (χ4v) is 2.68. The number of hydrogen-bond acceptors (Lipinski definition) is 1. The van der Waals surface area contributed by atoms with Crippen molar-refractivity contribution in [3.8, 4) is 0 Å². The van der Waals surface area contributed by atoms with E-state index in [4.69, 9.17) is 0 Å². The van der Waals surface area contributed by atoms with Crippen molar-refractivity contribution in [1.29, 1.82) is 0 Å². The third kappa shape index (κ3) is 3.21. The minimum Gasteiger partial charge on any atom is -0.312 e. The number of hydrogen-bond donors (Lipinski definition) is 1. The Kier molecular flexibility index (Phi) is 4.22. The monoisotopic (exact) mass is 211 g/mol. The summed E-state index contributed by atoms with van der Waals surface area (Å²) in [6.07, 6.45) is 7.05. The van der Waals surface area contributed by atoms with Crippen LogP contribution in [0.5, 0.6) is 0 Å². The van der Waals surface area contributed by atoms with Crippen molar-refractivity contribution >= 4 is 0 Å². The molecule has 0 unspecified atom stereocenters. The summed E-state index contributed by atoms with van der Waals surface area (Å²) in [5.41, 5.74) is 0.838. The van der Waals surface area contributed by atoms with Crippen LogP contribution < -0.4 is 5.32 Å². The maximum Gasteiger partial charge on any atom is 0.00967 e. The molecule has 90 valence electrons. The van der Waals surface area contributed by atoms with Crippen molar-refractivity contribution in [3.63, 3.8) is 0 Å². The van der Waals surface area contributed by atoms with Crippen molar-refractivity contribution in [2.45, 2.75) is 72.3 Å². The highest BCUT2D eigenvalue weighted by Crippen LogP contribution is 2.46. The summed E-state index contributed by atoms with van der Waals surface area (Å²) in [5, 5.41) is 3.71. The van der Waals surface area contributed by atoms with Crippen LogP contribution in [0, 0.1) is 11.3 Å². The zero-order valence-corrected chi connectivity index (χ0v) is 11.3. The van der Waals surface area contributed by atoms with E-state index in [9.17, 15) is 0 Å². The maximum absolute atomic E-state index is 3.71. The fourth-order valence-electron chi connectivity index (χ4n) is 2.68. The highest BCUT2D eigenvalue weighted by molar-refractivity contribution is 4.92. The third-order valence-corrected chi connectivity index (χ3v) is 4.35. The Morgan fingerprint density at radius 2 is 1.60 bits per heavy atom. The molecule has 1 fully saturated rings. The van der Waals surface area contributed by atoms with Crippen LogP contribution in [0.2, 0.25) is 0 Å².